The van der Waals surface area contributed by atoms with Crippen LogP contribution >= 0.6 is 27.5 Å². The Balaban J connectivity index is 2.17. The molecule has 1 fully saturated rings. The van der Waals surface area contributed by atoms with Crippen molar-refractivity contribution in [2.24, 2.45) is 5.41 Å². The average Bonchev–Trinajstić information content (AvgIpc) is 2.72. The van der Waals surface area contributed by atoms with E-state index in [1.807, 2.05) is 0 Å². The van der Waals surface area contributed by atoms with E-state index in [0.29, 0.717) is 23.4 Å². The lowest BCUT2D eigenvalue weighted by molar-refractivity contribution is -0.148. The molecule has 0 bridgehead atoms. The molecule has 2 rings (SSSR count). The second-order valence-corrected chi connectivity index (χ2v) is 6.59. The fraction of sp³-hybridized carbons (Fsp3) is 0.429. The summed E-state index contributed by atoms with van der Waals surface area (Å²) in [5.41, 5.74) is -0.549. The number of rotatable bonds is 3. The Labute approximate surface area is 130 Å². The van der Waals surface area contributed by atoms with E-state index in [9.17, 15) is 14.7 Å². The van der Waals surface area contributed by atoms with Crippen LogP contribution in [-0.2, 0) is 4.79 Å². The highest BCUT2D eigenvalue weighted by molar-refractivity contribution is 9.10. The molecule has 2 unspecified atom stereocenters. The predicted molar refractivity (Wildman–Crippen MR) is 80.0 cm³/mol. The molecule has 1 aliphatic carbocycles. The molecule has 1 aromatic carbocycles. The van der Waals surface area contributed by atoms with Crippen molar-refractivity contribution in [3.8, 4) is 0 Å². The third-order valence-electron chi connectivity index (χ3n) is 3.93. The SMILES string of the molecule is CC1(C(=O)O)CCCC1NC(=O)c1ccc(Br)cc1Cl. The minimum atomic E-state index is -0.905. The van der Waals surface area contributed by atoms with Crippen molar-refractivity contribution in [3.63, 3.8) is 0 Å². The molecule has 1 saturated carbocycles. The quantitative estimate of drug-likeness (QED) is 0.867. The van der Waals surface area contributed by atoms with Crippen molar-refractivity contribution >= 4 is 39.4 Å². The van der Waals surface area contributed by atoms with Crippen molar-refractivity contribution in [1.82, 2.24) is 5.32 Å². The van der Waals surface area contributed by atoms with E-state index in [1.54, 1.807) is 25.1 Å². The molecule has 0 aromatic heterocycles. The lowest BCUT2D eigenvalue weighted by Gasteiger charge is -2.27. The molecule has 1 aliphatic rings. The van der Waals surface area contributed by atoms with Crippen molar-refractivity contribution in [1.29, 1.82) is 0 Å². The zero-order valence-corrected chi connectivity index (χ0v) is 13.3. The van der Waals surface area contributed by atoms with E-state index in [0.717, 1.165) is 10.9 Å². The summed E-state index contributed by atoms with van der Waals surface area (Å²) in [5.74, 6) is -1.20. The Morgan fingerprint density at radius 2 is 2.20 bits per heavy atom. The van der Waals surface area contributed by atoms with E-state index in [4.69, 9.17) is 11.6 Å². The van der Waals surface area contributed by atoms with E-state index < -0.39 is 11.4 Å². The summed E-state index contributed by atoms with van der Waals surface area (Å²) in [5, 5.41) is 12.5. The molecule has 2 atom stereocenters. The molecule has 0 saturated heterocycles. The third-order valence-corrected chi connectivity index (χ3v) is 4.73. The highest BCUT2D eigenvalue weighted by Crippen LogP contribution is 2.38. The van der Waals surface area contributed by atoms with Gasteiger partial charge in [0.05, 0.1) is 16.0 Å². The molecule has 20 heavy (non-hydrogen) atoms. The van der Waals surface area contributed by atoms with Crippen LogP contribution in [0.2, 0.25) is 5.02 Å². The summed E-state index contributed by atoms with van der Waals surface area (Å²) < 4.78 is 0.787. The fourth-order valence-electron chi connectivity index (χ4n) is 2.56. The topological polar surface area (TPSA) is 66.4 Å². The number of aliphatic carboxylic acids is 1. The van der Waals surface area contributed by atoms with Gasteiger partial charge in [0.2, 0.25) is 0 Å². The largest absolute Gasteiger partial charge is 0.481 e. The monoisotopic (exact) mass is 359 g/mol. The van der Waals surface area contributed by atoms with Gasteiger partial charge in [0.25, 0.3) is 5.91 Å². The number of carboxylic acids is 1. The summed E-state index contributed by atoms with van der Waals surface area (Å²) in [6.07, 6.45) is 2.03. The first-order valence-corrected chi connectivity index (χ1v) is 7.51. The van der Waals surface area contributed by atoms with Gasteiger partial charge in [-0.3, -0.25) is 9.59 Å². The van der Waals surface area contributed by atoms with Crippen LogP contribution in [-0.4, -0.2) is 23.0 Å². The summed E-state index contributed by atoms with van der Waals surface area (Å²) in [6.45, 7) is 1.68. The minimum Gasteiger partial charge on any atom is -0.481 e. The van der Waals surface area contributed by atoms with E-state index in [-0.39, 0.29) is 11.9 Å². The molecule has 1 amide bonds. The Bertz CT molecular complexity index is 563. The average molecular weight is 361 g/mol. The highest BCUT2D eigenvalue weighted by atomic mass is 79.9. The predicted octanol–water partition coefficient (Wildman–Crippen LogP) is 3.48. The molecule has 6 heteroatoms. The molecule has 0 heterocycles. The van der Waals surface area contributed by atoms with Crippen LogP contribution in [0.1, 0.15) is 36.5 Å². The molecule has 0 spiro atoms. The van der Waals surface area contributed by atoms with Crippen molar-refractivity contribution in [2.75, 3.05) is 0 Å². The second-order valence-electron chi connectivity index (χ2n) is 5.27. The first-order valence-electron chi connectivity index (χ1n) is 6.34. The molecular formula is C14H15BrClNO3. The standard InChI is InChI=1S/C14H15BrClNO3/c1-14(13(19)20)6-2-3-11(14)17-12(18)9-5-4-8(15)7-10(9)16/h4-5,7,11H,2-3,6H2,1H3,(H,17,18)(H,19,20). The Morgan fingerprint density at radius 3 is 2.80 bits per heavy atom. The second kappa shape index (κ2) is 5.74. The smallest absolute Gasteiger partial charge is 0.311 e. The van der Waals surface area contributed by atoms with Crippen LogP contribution in [0.25, 0.3) is 0 Å². The van der Waals surface area contributed by atoms with Gasteiger partial charge in [-0.2, -0.15) is 0 Å². The summed E-state index contributed by atoms with van der Waals surface area (Å²) in [4.78, 5) is 23.6. The van der Waals surface area contributed by atoms with Gasteiger partial charge in [-0.25, -0.2) is 0 Å². The first kappa shape index (κ1) is 15.3. The van der Waals surface area contributed by atoms with Crippen molar-refractivity contribution < 1.29 is 14.7 Å². The van der Waals surface area contributed by atoms with Gasteiger partial charge < -0.3 is 10.4 Å². The molecular weight excluding hydrogens is 346 g/mol. The number of amides is 1. The number of carboxylic acid groups (broad SMARTS) is 1. The minimum absolute atomic E-state index is 0.332. The number of benzene rings is 1. The Kier molecular flexibility index (Phi) is 4.39. The maximum atomic E-state index is 12.2. The number of hydrogen-bond donors (Lipinski definition) is 2. The van der Waals surface area contributed by atoms with E-state index in [2.05, 4.69) is 21.2 Å². The number of nitrogens with one attached hydrogen (secondary N) is 1. The normalized spacial score (nSPS) is 25.4. The van der Waals surface area contributed by atoms with Gasteiger partial charge in [0, 0.05) is 10.5 Å². The van der Waals surface area contributed by atoms with Gasteiger partial charge in [-0.15, -0.1) is 0 Å². The number of halogens is 2. The third kappa shape index (κ3) is 2.83. The summed E-state index contributed by atoms with van der Waals surface area (Å²) in [6, 6.07) is 4.62. The van der Waals surface area contributed by atoms with Crippen molar-refractivity contribution in [2.45, 2.75) is 32.2 Å². The number of carbonyl (C=O) groups is 2. The number of hydrogen-bond acceptors (Lipinski definition) is 2. The molecule has 2 N–H and O–H groups in total. The van der Waals surface area contributed by atoms with Crippen LogP contribution in [0, 0.1) is 5.41 Å². The summed E-state index contributed by atoms with van der Waals surface area (Å²) >= 11 is 9.31. The molecule has 0 radical (unpaired) electrons. The zero-order chi connectivity index (χ0) is 14.9. The van der Waals surface area contributed by atoms with Gasteiger partial charge in [-0.1, -0.05) is 34.0 Å². The lowest BCUT2D eigenvalue weighted by atomic mass is 9.85. The molecule has 0 aliphatic heterocycles. The van der Waals surface area contributed by atoms with Gasteiger partial charge in [0.15, 0.2) is 0 Å². The van der Waals surface area contributed by atoms with Crippen LogP contribution < -0.4 is 5.32 Å². The van der Waals surface area contributed by atoms with Gasteiger partial charge in [-0.05, 0) is 38.0 Å². The van der Waals surface area contributed by atoms with Crippen LogP contribution in [0.15, 0.2) is 22.7 Å². The number of carbonyl (C=O) groups excluding carboxylic acids is 1. The molecule has 4 nitrogen and oxygen atoms in total. The van der Waals surface area contributed by atoms with Crippen molar-refractivity contribution in [3.05, 3.63) is 33.3 Å². The molecule has 1 aromatic rings. The lowest BCUT2D eigenvalue weighted by Crippen LogP contribution is -2.47. The summed E-state index contributed by atoms with van der Waals surface area (Å²) in [7, 11) is 0. The van der Waals surface area contributed by atoms with E-state index >= 15 is 0 Å². The van der Waals surface area contributed by atoms with Gasteiger partial charge >= 0.3 is 5.97 Å². The molecule has 108 valence electrons. The Morgan fingerprint density at radius 1 is 1.50 bits per heavy atom. The van der Waals surface area contributed by atoms with Crippen LogP contribution in [0.5, 0.6) is 0 Å². The Hall–Kier alpha value is -1.07. The fourth-order valence-corrected chi connectivity index (χ4v) is 3.32. The van der Waals surface area contributed by atoms with E-state index in [1.165, 1.54) is 0 Å². The highest BCUT2D eigenvalue weighted by Gasteiger charge is 2.46. The maximum Gasteiger partial charge on any atom is 0.311 e. The van der Waals surface area contributed by atoms with Crippen LogP contribution in [0.3, 0.4) is 0 Å². The van der Waals surface area contributed by atoms with Gasteiger partial charge in [0.1, 0.15) is 0 Å². The zero-order valence-electron chi connectivity index (χ0n) is 11.0. The van der Waals surface area contributed by atoms with Crippen LogP contribution in [0.4, 0.5) is 0 Å². The first-order chi connectivity index (χ1) is 9.34. The maximum absolute atomic E-state index is 12.2.